The van der Waals surface area contributed by atoms with Gasteiger partial charge in [0.15, 0.2) is 0 Å². The Bertz CT molecular complexity index is 621. The van der Waals surface area contributed by atoms with Crippen molar-refractivity contribution in [2.75, 3.05) is 0 Å². The summed E-state index contributed by atoms with van der Waals surface area (Å²) in [6.45, 7) is 7.09. The van der Waals surface area contributed by atoms with Gasteiger partial charge in [0.1, 0.15) is 6.04 Å². The minimum Gasteiger partial charge on any atom is -0.368 e. The summed E-state index contributed by atoms with van der Waals surface area (Å²) < 4.78 is 27.6. The van der Waals surface area contributed by atoms with Gasteiger partial charge in [0.05, 0.1) is 4.90 Å². The summed E-state index contributed by atoms with van der Waals surface area (Å²) in [5, 5.41) is 0. The van der Waals surface area contributed by atoms with Crippen LogP contribution in [0.5, 0.6) is 0 Å². The standard InChI is InChI=1S/C13H19BrN2O3S/c1-8-5-6-10(9(14)7-8)20(18,19)16-11(12(15)17)13(2,3)4/h5-7,11,16H,1-4H3,(H2,15,17)/t11-/m1/s1. The average molecular weight is 363 g/mol. The zero-order chi connectivity index (χ0) is 15.7. The Morgan fingerprint density at radius 1 is 1.35 bits per heavy atom. The molecule has 0 unspecified atom stereocenters. The molecule has 0 aromatic heterocycles. The molecule has 1 aromatic rings. The molecule has 0 saturated carbocycles. The second-order valence-electron chi connectivity index (χ2n) is 5.76. The number of sulfonamides is 1. The molecule has 1 aromatic carbocycles. The van der Waals surface area contributed by atoms with Crippen LogP contribution >= 0.6 is 15.9 Å². The van der Waals surface area contributed by atoms with Crippen LogP contribution in [-0.4, -0.2) is 20.4 Å². The number of hydrogen-bond acceptors (Lipinski definition) is 3. The van der Waals surface area contributed by atoms with Gasteiger partial charge < -0.3 is 5.73 Å². The summed E-state index contributed by atoms with van der Waals surface area (Å²) in [6.07, 6.45) is 0. The summed E-state index contributed by atoms with van der Waals surface area (Å²) in [5.41, 5.74) is 5.61. The van der Waals surface area contributed by atoms with Crippen LogP contribution in [0.25, 0.3) is 0 Å². The Balaban J connectivity index is 3.20. The van der Waals surface area contributed by atoms with Crippen molar-refractivity contribution in [3.8, 4) is 0 Å². The molecule has 5 nitrogen and oxygen atoms in total. The molecule has 0 aliphatic carbocycles. The molecule has 1 rings (SSSR count). The van der Waals surface area contributed by atoms with Gasteiger partial charge in [-0.2, -0.15) is 4.72 Å². The number of nitrogens with one attached hydrogen (secondary N) is 1. The SMILES string of the molecule is Cc1ccc(S(=O)(=O)N[C@H](C(N)=O)C(C)(C)C)c(Br)c1. The normalized spacial score (nSPS) is 14.1. The fraction of sp³-hybridized carbons (Fsp3) is 0.462. The first kappa shape index (κ1) is 17.1. The van der Waals surface area contributed by atoms with Crippen molar-refractivity contribution < 1.29 is 13.2 Å². The third-order valence-electron chi connectivity index (χ3n) is 2.80. The van der Waals surface area contributed by atoms with Crippen LogP contribution in [0.3, 0.4) is 0 Å². The maximum absolute atomic E-state index is 12.4. The molecular formula is C13H19BrN2O3S. The zero-order valence-corrected chi connectivity index (χ0v) is 14.3. The highest BCUT2D eigenvalue weighted by Crippen LogP contribution is 2.26. The molecule has 1 amide bonds. The van der Waals surface area contributed by atoms with Crippen molar-refractivity contribution in [1.82, 2.24) is 4.72 Å². The molecule has 7 heteroatoms. The van der Waals surface area contributed by atoms with E-state index in [1.807, 2.05) is 6.92 Å². The Hall–Kier alpha value is -0.920. The van der Waals surface area contributed by atoms with Gasteiger partial charge in [-0.25, -0.2) is 8.42 Å². The van der Waals surface area contributed by atoms with Crippen molar-refractivity contribution in [3.63, 3.8) is 0 Å². The quantitative estimate of drug-likeness (QED) is 0.857. The van der Waals surface area contributed by atoms with Crippen LogP contribution in [0.15, 0.2) is 27.6 Å². The first-order valence-electron chi connectivity index (χ1n) is 6.03. The second-order valence-corrected chi connectivity index (χ2v) is 8.29. The van der Waals surface area contributed by atoms with Crippen LogP contribution in [0.1, 0.15) is 26.3 Å². The van der Waals surface area contributed by atoms with E-state index in [4.69, 9.17) is 5.73 Å². The predicted molar refractivity (Wildman–Crippen MR) is 81.6 cm³/mol. The Labute approximate surface area is 128 Å². The summed E-state index contributed by atoms with van der Waals surface area (Å²) >= 11 is 3.22. The van der Waals surface area contributed by atoms with Crippen molar-refractivity contribution in [2.45, 2.75) is 38.6 Å². The van der Waals surface area contributed by atoms with Crippen LogP contribution in [0, 0.1) is 12.3 Å². The highest BCUT2D eigenvalue weighted by molar-refractivity contribution is 9.10. The number of primary amides is 1. The van der Waals surface area contributed by atoms with Gasteiger partial charge in [-0.05, 0) is 46.0 Å². The molecule has 1 atom stereocenters. The van der Waals surface area contributed by atoms with Gasteiger partial charge in [-0.15, -0.1) is 0 Å². The molecule has 20 heavy (non-hydrogen) atoms. The lowest BCUT2D eigenvalue weighted by atomic mass is 9.87. The molecule has 3 N–H and O–H groups in total. The first-order valence-corrected chi connectivity index (χ1v) is 8.30. The molecule has 0 aliphatic rings. The topological polar surface area (TPSA) is 89.3 Å². The van der Waals surface area contributed by atoms with Crippen LogP contribution in [0.4, 0.5) is 0 Å². The summed E-state index contributed by atoms with van der Waals surface area (Å²) in [4.78, 5) is 11.6. The fourth-order valence-corrected chi connectivity index (χ4v) is 4.31. The molecule has 0 aliphatic heterocycles. The molecular weight excluding hydrogens is 344 g/mol. The van der Waals surface area contributed by atoms with Crippen LogP contribution < -0.4 is 10.5 Å². The van der Waals surface area contributed by atoms with E-state index in [1.165, 1.54) is 6.07 Å². The van der Waals surface area contributed by atoms with E-state index in [0.29, 0.717) is 4.47 Å². The van der Waals surface area contributed by atoms with Gasteiger partial charge in [0, 0.05) is 4.47 Å². The molecule has 0 heterocycles. The lowest BCUT2D eigenvalue weighted by molar-refractivity contribution is -0.121. The second kappa shape index (κ2) is 5.83. The number of nitrogens with two attached hydrogens (primary N) is 1. The van der Waals surface area contributed by atoms with E-state index < -0.39 is 27.4 Å². The highest BCUT2D eigenvalue weighted by atomic mass is 79.9. The van der Waals surface area contributed by atoms with E-state index in [2.05, 4.69) is 20.7 Å². The van der Waals surface area contributed by atoms with Crippen molar-refractivity contribution >= 4 is 31.9 Å². The minimum atomic E-state index is -3.83. The van der Waals surface area contributed by atoms with E-state index in [-0.39, 0.29) is 4.90 Å². The number of aryl methyl sites for hydroxylation is 1. The minimum absolute atomic E-state index is 0.0820. The van der Waals surface area contributed by atoms with Crippen molar-refractivity contribution in [3.05, 3.63) is 28.2 Å². The lowest BCUT2D eigenvalue weighted by Gasteiger charge is -2.28. The molecule has 0 saturated heterocycles. The van der Waals surface area contributed by atoms with Crippen molar-refractivity contribution in [1.29, 1.82) is 0 Å². The number of carbonyl (C=O) groups is 1. The third-order valence-corrected chi connectivity index (χ3v) is 5.20. The number of amides is 1. The maximum Gasteiger partial charge on any atom is 0.242 e. The van der Waals surface area contributed by atoms with E-state index in [1.54, 1.807) is 32.9 Å². The third kappa shape index (κ3) is 4.04. The van der Waals surface area contributed by atoms with Gasteiger partial charge in [0.25, 0.3) is 0 Å². The predicted octanol–water partition coefficient (Wildman–Crippen LogP) is 1.94. The zero-order valence-electron chi connectivity index (χ0n) is 11.9. The van der Waals surface area contributed by atoms with Gasteiger partial charge in [-0.3, -0.25) is 4.79 Å². The van der Waals surface area contributed by atoms with E-state index in [9.17, 15) is 13.2 Å². The smallest absolute Gasteiger partial charge is 0.242 e. The van der Waals surface area contributed by atoms with Gasteiger partial charge in [0.2, 0.25) is 15.9 Å². The number of halogens is 1. The fourth-order valence-electron chi connectivity index (χ4n) is 1.70. The highest BCUT2D eigenvalue weighted by Gasteiger charge is 2.34. The summed E-state index contributed by atoms with van der Waals surface area (Å²) in [5.74, 6) is -0.704. The Morgan fingerprint density at radius 3 is 2.30 bits per heavy atom. The Morgan fingerprint density at radius 2 is 1.90 bits per heavy atom. The molecule has 112 valence electrons. The number of hydrogen-bond donors (Lipinski definition) is 2. The summed E-state index contributed by atoms with van der Waals surface area (Å²) in [7, 11) is -3.83. The van der Waals surface area contributed by atoms with Crippen LogP contribution in [-0.2, 0) is 14.8 Å². The Kier molecular flexibility index (Phi) is 4.99. The van der Waals surface area contributed by atoms with Crippen LogP contribution in [0.2, 0.25) is 0 Å². The largest absolute Gasteiger partial charge is 0.368 e. The molecule has 0 fully saturated rings. The lowest BCUT2D eigenvalue weighted by Crippen LogP contribution is -2.51. The maximum atomic E-state index is 12.4. The average Bonchev–Trinajstić information content (AvgIpc) is 2.23. The molecule has 0 spiro atoms. The summed E-state index contributed by atoms with van der Waals surface area (Å²) in [6, 6.07) is 3.89. The number of carbonyl (C=O) groups excluding carboxylic acids is 1. The number of benzene rings is 1. The van der Waals surface area contributed by atoms with E-state index >= 15 is 0 Å². The molecule has 0 bridgehead atoms. The monoisotopic (exact) mass is 362 g/mol. The van der Waals surface area contributed by atoms with E-state index in [0.717, 1.165) is 5.56 Å². The number of rotatable bonds is 4. The first-order chi connectivity index (χ1) is 8.95. The van der Waals surface area contributed by atoms with Crippen molar-refractivity contribution in [2.24, 2.45) is 11.1 Å². The molecule has 0 radical (unpaired) electrons. The van der Waals surface area contributed by atoms with Gasteiger partial charge in [-0.1, -0.05) is 26.8 Å². The van der Waals surface area contributed by atoms with Gasteiger partial charge >= 0.3 is 0 Å².